The number of hydrogen-bond donors (Lipinski definition) is 0. The Labute approximate surface area is 166 Å². The van der Waals surface area contributed by atoms with Crippen molar-refractivity contribution in [1.29, 1.82) is 0 Å². The molecule has 0 bridgehead atoms. The van der Waals surface area contributed by atoms with E-state index in [-0.39, 0.29) is 11.9 Å². The number of carbonyl (C=O) groups excluding carboxylic acids is 1. The molecule has 2 saturated heterocycles. The van der Waals surface area contributed by atoms with Gasteiger partial charge in [-0.05, 0) is 56.3 Å². The van der Waals surface area contributed by atoms with E-state index < -0.39 is 0 Å². The van der Waals surface area contributed by atoms with Crippen LogP contribution in [0.1, 0.15) is 53.3 Å². The second kappa shape index (κ2) is 8.31. The first-order chi connectivity index (χ1) is 13.6. The second-order valence-corrected chi connectivity index (χ2v) is 7.92. The van der Waals surface area contributed by atoms with E-state index in [0.717, 1.165) is 69.7 Å². The van der Waals surface area contributed by atoms with Gasteiger partial charge in [-0.15, -0.1) is 5.10 Å². The van der Waals surface area contributed by atoms with Crippen molar-refractivity contribution in [3.05, 3.63) is 41.2 Å². The van der Waals surface area contributed by atoms with Crippen molar-refractivity contribution in [1.82, 2.24) is 24.8 Å². The summed E-state index contributed by atoms with van der Waals surface area (Å²) in [4.78, 5) is 16.9. The molecule has 0 N–H and O–H groups in total. The van der Waals surface area contributed by atoms with Crippen LogP contribution in [0.2, 0.25) is 0 Å². The van der Waals surface area contributed by atoms with Gasteiger partial charge in [0.05, 0.1) is 19.3 Å². The minimum atomic E-state index is 0.0186. The highest BCUT2D eigenvalue weighted by Crippen LogP contribution is 2.24. The van der Waals surface area contributed by atoms with Gasteiger partial charge in [-0.3, -0.25) is 9.69 Å². The summed E-state index contributed by atoms with van der Waals surface area (Å²) < 4.78 is 7.26. The Bertz CT molecular complexity index is 828. The Balaban J connectivity index is 1.40. The molecular formula is C21H29N5O2. The molecule has 0 spiro atoms. The standard InChI is InChI=1S/C21H29N5O2/c1-16-12-17(7-8-20(16)28-2)13-24-9-5-6-18(14-24)26-15-19(22-23-26)21(27)25-10-3-4-11-25/h7-8,12,15,18H,3-6,9-11,13-14H2,1-2H3. The van der Waals surface area contributed by atoms with Crippen LogP contribution in [0.5, 0.6) is 5.75 Å². The zero-order valence-electron chi connectivity index (χ0n) is 16.8. The van der Waals surface area contributed by atoms with E-state index in [2.05, 4.69) is 34.3 Å². The molecule has 7 nitrogen and oxygen atoms in total. The van der Waals surface area contributed by atoms with Crippen LogP contribution in [0.4, 0.5) is 0 Å². The van der Waals surface area contributed by atoms with Crippen LogP contribution in [-0.2, 0) is 6.54 Å². The molecule has 1 atom stereocenters. The number of aryl methyl sites for hydroxylation is 1. The summed E-state index contributed by atoms with van der Waals surface area (Å²) in [5.41, 5.74) is 2.93. The van der Waals surface area contributed by atoms with Crippen molar-refractivity contribution >= 4 is 5.91 Å². The third-order valence-electron chi connectivity index (χ3n) is 5.84. The summed E-state index contributed by atoms with van der Waals surface area (Å²) in [6, 6.07) is 6.64. The highest BCUT2D eigenvalue weighted by atomic mass is 16.5. The lowest BCUT2D eigenvalue weighted by molar-refractivity contribution is 0.0787. The minimum absolute atomic E-state index is 0.0186. The number of amides is 1. The van der Waals surface area contributed by atoms with Crippen LogP contribution in [0.3, 0.4) is 0 Å². The van der Waals surface area contributed by atoms with Gasteiger partial charge < -0.3 is 9.64 Å². The fourth-order valence-corrected chi connectivity index (χ4v) is 4.32. The second-order valence-electron chi connectivity index (χ2n) is 7.92. The lowest BCUT2D eigenvalue weighted by atomic mass is 10.0. The molecular weight excluding hydrogens is 354 g/mol. The van der Waals surface area contributed by atoms with Gasteiger partial charge in [-0.1, -0.05) is 17.3 Å². The molecule has 2 fully saturated rings. The number of aromatic nitrogens is 3. The first-order valence-corrected chi connectivity index (χ1v) is 10.2. The molecule has 1 amide bonds. The number of nitrogens with zero attached hydrogens (tertiary/aromatic N) is 5. The normalized spacial score (nSPS) is 20.5. The third-order valence-corrected chi connectivity index (χ3v) is 5.84. The Morgan fingerprint density at radius 1 is 1.21 bits per heavy atom. The lowest BCUT2D eigenvalue weighted by Gasteiger charge is -2.32. The molecule has 1 aromatic carbocycles. The fourth-order valence-electron chi connectivity index (χ4n) is 4.32. The van der Waals surface area contributed by atoms with E-state index in [9.17, 15) is 4.79 Å². The van der Waals surface area contributed by atoms with Gasteiger partial charge in [0.1, 0.15) is 5.75 Å². The number of methoxy groups -OCH3 is 1. The van der Waals surface area contributed by atoms with Gasteiger partial charge in [-0.25, -0.2) is 4.68 Å². The Kier molecular flexibility index (Phi) is 5.62. The predicted octanol–water partition coefficient (Wildman–Crippen LogP) is 2.67. The van der Waals surface area contributed by atoms with Crippen molar-refractivity contribution < 1.29 is 9.53 Å². The molecule has 0 saturated carbocycles. The minimum Gasteiger partial charge on any atom is -0.496 e. The number of hydrogen-bond acceptors (Lipinski definition) is 5. The average molecular weight is 383 g/mol. The van der Waals surface area contributed by atoms with Crippen LogP contribution in [0, 0.1) is 6.92 Å². The topological polar surface area (TPSA) is 63.5 Å². The van der Waals surface area contributed by atoms with Gasteiger partial charge in [-0.2, -0.15) is 0 Å². The van der Waals surface area contributed by atoms with Crippen molar-refractivity contribution in [3.8, 4) is 5.75 Å². The SMILES string of the molecule is COc1ccc(CN2CCCC(n3cc(C(=O)N4CCCC4)nn3)C2)cc1C. The maximum Gasteiger partial charge on any atom is 0.276 e. The van der Waals surface area contributed by atoms with Gasteiger partial charge in [0.2, 0.25) is 0 Å². The highest BCUT2D eigenvalue weighted by molar-refractivity contribution is 5.92. The summed E-state index contributed by atoms with van der Waals surface area (Å²) in [5.74, 6) is 0.947. The highest BCUT2D eigenvalue weighted by Gasteiger charge is 2.26. The summed E-state index contributed by atoms with van der Waals surface area (Å²) in [7, 11) is 1.71. The molecule has 28 heavy (non-hydrogen) atoms. The quantitative estimate of drug-likeness (QED) is 0.794. The molecule has 1 aromatic heterocycles. The molecule has 4 rings (SSSR count). The number of piperidine rings is 1. The summed E-state index contributed by atoms with van der Waals surface area (Å²) in [6.45, 7) is 6.67. The number of rotatable bonds is 5. The van der Waals surface area contributed by atoms with Crippen LogP contribution in [0.15, 0.2) is 24.4 Å². The van der Waals surface area contributed by atoms with Crippen molar-refractivity contribution in [3.63, 3.8) is 0 Å². The number of carbonyl (C=O) groups is 1. The van der Waals surface area contributed by atoms with E-state index in [0.29, 0.717) is 5.69 Å². The van der Waals surface area contributed by atoms with Crippen molar-refractivity contribution in [2.24, 2.45) is 0 Å². The summed E-state index contributed by atoms with van der Waals surface area (Å²) in [6.07, 6.45) is 6.20. The smallest absolute Gasteiger partial charge is 0.276 e. The molecule has 0 aliphatic carbocycles. The first-order valence-electron chi connectivity index (χ1n) is 10.2. The molecule has 2 aliphatic heterocycles. The van der Waals surface area contributed by atoms with E-state index in [4.69, 9.17) is 4.74 Å². The van der Waals surface area contributed by atoms with Crippen molar-refractivity contribution in [2.75, 3.05) is 33.3 Å². The van der Waals surface area contributed by atoms with Crippen LogP contribution in [0.25, 0.3) is 0 Å². The van der Waals surface area contributed by atoms with Crippen LogP contribution < -0.4 is 4.74 Å². The molecule has 3 heterocycles. The van der Waals surface area contributed by atoms with Crippen molar-refractivity contribution in [2.45, 2.75) is 45.2 Å². The monoisotopic (exact) mass is 383 g/mol. The lowest BCUT2D eigenvalue weighted by Crippen LogP contribution is -2.36. The zero-order valence-corrected chi connectivity index (χ0v) is 16.8. The molecule has 0 radical (unpaired) electrons. The molecule has 2 aromatic rings. The molecule has 1 unspecified atom stereocenters. The third kappa shape index (κ3) is 4.04. The fraction of sp³-hybridized carbons (Fsp3) is 0.571. The van der Waals surface area contributed by atoms with E-state index in [1.807, 2.05) is 21.8 Å². The summed E-state index contributed by atoms with van der Waals surface area (Å²) >= 11 is 0. The number of benzene rings is 1. The first kappa shape index (κ1) is 18.9. The number of ether oxygens (including phenoxy) is 1. The number of likely N-dealkylation sites (tertiary alicyclic amines) is 2. The van der Waals surface area contributed by atoms with E-state index >= 15 is 0 Å². The van der Waals surface area contributed by atoms with Crippen LogP contribution >= 0.6 is 0 Å². The largest absolute Gasteiger partial charge is 0.496 e. The average Bonchev–Trinajstić information content (AvgIpc) is 3.40. The van der Waals surface area contributed by atoms with Gasteiger partial charge in [0.15, 0.2) is 5.69 Å². The Hall–Kier alpha value is -2.41. The molecule has 2 aliphatic rings. The maximum absolute atomic E-state index is 12.5. The summed E-state index contributed by atoms with van der Waals surface area (Å²) in [5, 5.41) is 8.45. The predicted molar refractivity (Wildman–Crippen MR) is 106 cm³/mol. The van der Waals surface area contributed by atoms with Gasteiger partial charge in [0.25, 0.3) is 5.91 Å². The van der Waals surface area contributed by atoms with Crippen LogP contribution in [-0.4, -0.2) is 64.0 Å². The zero-order chi connectivity index (χ0) is 19.5. The van der Waals surface area contributed by atoms with Gasteiger partial charge in [0, 0.05) is 26.2 Å². The van der Waals surface area contributed by atoms with Gasteiger partial charge >= 0.3 is 0 Å². The Morgan fingerprint density at radius 3 is 2.79 bits per heavy atom. The Morgan fingerprint density at radius 2 is 2.04 bits per heavy atom. The molecule has 150 valence electrons. The van der Waals surface area contributed by atoms with E-state index in [1.165, 1.54) is 5.56 Å². The molecule has 7 heteroatoms. The maximum atomic E-state index is 12.5. The van der Waals surface area contributed by atoms with E-state index in [1.54, 1.807) is 7.11 Å².